The number of amides is 2. The van der Waals surface area contributed by atoms with Crippen molar-refractivity contribution in [2.45, 2.75) is 44.2 Å². The summed E-state index contributed by atoms with van der Waals surface area (Å²) in [5, 5.41) is 16.6. The summed E-state index contributed by atoms with van der Waals surface area (Å²) >= 11 is 0. The number of hydrogen-bond acceptors (Lipinski definition) is 6. The van der Waals surface area contributed by atoms with Crippen LogP contribution in [0.4, 0.5) is 10.6 Å². The van der Waals surface area contributed by atoms with Gasteiger partial charge in [-0.05, 0) is 41.7 Å². The summed E-state index contributed by atoms with van der Waals surface area (Å²) in [5.41, 5.74) is 4.44. The van der Waals surface area contributed by atoms with Crippen molar-refractivity contribution in [2.24, 2.45) is 0 Å². The van der Waals surface area contributed by atoms with Gasteiger partial charge in [0, 0.05) is 12.1 Å². The minimum absolute atomic E-state index is 0.0280. The number of rotatable bonds is 9. The molecular formula is C30H29N5O4. The van der Waals surface area contributed by atoms with Crippen LogP contribution in [0.3, 0.4) is 0 Å². The number of H-pyrrole nitrogens is 1. The van der Waals surface area contributed by atoms with Gasteiger partial charge in [0.15, 0.2) is 5.82 Å². The molecule has 6 rings (SSSR count). The fourth-order valence-corrected chi connectivity index (χ4v) is 4.80. The Balaban J connectivity index is 1.16. The van der Waals surface area contributed by atoms with Gasteiger partial charge in [0.25, 0.3) is 5.91 Å². The molecule has 2 aliphatic rings. The summed E-state index contributed by atoms with van der Waals surface area (Å²) in [4.78, 5) is 26.3. The number of carbonyl (C=O) groups excluding carboxylic acids is 2. The Labute approximate surface area is 225 Å². The number of alkyl carbamates (subject to hydrolysis) is 1. The fourth-order valence-electron chi connectivity index (χ4n) is 4.80. The van der Waals surface area contributed by atoms with Crippen molar-refractivity contribution >= 4 is 17.8 Å². The lowest BCUT2D eigenvalue weighted by Crippen LogP contribution is -2.37. The third kappa shape index (κ3) is 5.49. The molecule has 1 aliphatic carbocycles. The number of hydrogen-bond donors (Lipinski definition) is 4. The van der Waals surface area contributed by atoms with E-state index in [0.29, 0.717) is 30.3 Å². The summed E-state index contributed by atoms with van der Waals surface area (Å²) < 4.78 is 11.3. The van der Waals surface area contributed by atoms with Crippen LogP contribution in [0.1, 0.15) is 46.8 Å². The predicted molar refractivity (Wildman–Crippen MR) is 145 cm³/mol. The van der Waals surface area contributed by atoms with Crippen molar-refractivity contribution in [3.8, 4) is 5.75 Å². The Kier molecular flexibility index (Phi) is 6.73. The average molecular weight is 524 g/mol. The average Bonchev–Trinajstić information content (AvgIpc) is 3.53. The molecule has 2 heterocycles. The molecule has 9 nitrogen and oxygen atoms in total. The van der Waals surface area contributed by atoms with Crippen molar-refractivity contribution in [3.05, 3.63) is 113 Å². The van der Waals surface area contributed by atoms with E-state index in [0.717, 1.165) is 35.2 Å². The van der Waals surface area contributed by atoms with Crippen LogP contribution in [-0.4, -0.2) is 22.2 Å². The number of benzene rings is 3. The molecule has 9 heteroatoms. The third-order valence-corrected chi connectivity index (χ3v) is 7.14. The zero-order chi connectivity index (χ0) is 26.7. The fraction of sp³-hybridized carbons (Fsp3) is 0.233. The molecule has 39 heavy (non-hydrogen) atoms. The summed E-state index contributed by atoms with van der Waals surface area (Å²) in [6, 6.07) is 25.3. The van der Waals surface area contributed by atoms with Gasteiger partial charge in [0.2, 0.25) is 0 Å². The van der Waals surface area contributed by atoms with Crippen LogP contribution < -0.4 is 20.7 Å². The molecule has 1 fully saturated rings. The van der Waals surface area contributed by atoms with Crippen molar-refractivity contribution in [1.82, 2.24) is 20.8 Å². The van der Waals surface area contributed by atoms with E-state index in [2.05, 4.69) is 26.1 Å². The Bertz CT molecular complexity index is 1450. The zero-order valence-corrected chi connectivity index (χ0v) is 21.3. The second-order valence-electron chi connectivity index (χ2n) is 9.83. The highest BCUT2D eigenvalue weighted by atomic mass is 16.5. The first-order valence-electron chi connectivity index (χ1n) is 13.0. The van der Waals surface area contributed by atoms with E-state index >= 15 is 0 Å². The van der Waals surface area contributed by atoms with E-state index in [-0.39, 0.29) is 12.1 Å². The molecule has 1 aromatic heterocycles. The molecular weight excluding hydrogens is 494 g/mol. The summed E-state index contributed by atoms with van der Waals surface area (Å²) in [7, 11) is 0. The normalized spacial score (nSPS) is 15.3. The van der Waals surface area contributed by atoms with Gasteiger partial charge in [-0.2, -0.15) is 5.10 Å². The third-order valence-electron chi connectivity index (χ3n) is 7.14. The number of nitrogens with zero attached hydrogens (tertiary/aromatic N) is 1. The van der Waals surface area contributed by atoms with Crippen LogP contribution in [0.15, 0.2) is 84.9 Å². The van der Waals surface area contributed by atoms with E-state index < -0.39 is 18.0 Å². The number of ether oxygens (including phenoxy) is 2. The highest BCUT2D eigenvalue weighted by Crippen LogP contribution is 2.50. The molecule has 1 saturated carbocycles. The predicted octanol–water partition coefficient (Wildman–Crippen LogP) is 4.69. The van der Waals surface area contributed by atoms with Crippen LogP contribution in [-0.2, 0) is 34.8 Å². The van der Waals surface area contributed by atoms with Crippen LogP contribution in [0.25, 0.3) is 0 Å². The molecule has 0 unspecified atom stereocenters. The number of anilines is 1. The number of aromatic nitrogens is 2. The molecule has 0 saturated heterocycles. The van der Waals surface area contributed by atoms with Gasteiger partial charge in [-0.1, -0.05) is 72.8 Å². The maximum Gasteiger partial charge on any atom is 0.408 e. The SMILES string of the molecule is O=C(N[C@@H](C(=O)Nc1n[nH]c2c1CNC21CC1)c1ccc(OCc2ccccc2)cc1)OCc1ccccc1. The summed E-state index contributed by atoms with van der Waals surface area (Å²) in [6.07, 6.45) is 1.39. The van der Waals surface area contributed by atoms with E-state index in [9.17, 15) is 9.59 Å². The number of carbonyl (C=O) groups is 2. The van der Waals surface area contributed by atoms with E-state index in [4.69, 9.17) is 9.47 Å². The minimum atomic E-state index is -1.01. The Morgan fingerprint density at radius 1 is 0.897 bits per heavy atom. The topological polar surface area (TPSA) is 117 Å². The van der Waals surface area contributed by atoms with Crippen molar-refractivity contribution in [2.75, 3.05) is 5.32 Å². The molecule has 1 atom stereocenters. The van der Waals surface area contributed by atoms with Gasteiger partial charge in [-0.25, -0.2) is 4.79 Å². The maximum absolute atomic E-state index is 13.5. The molecule has 0 bridgehead atoms. The van der Waals surface area contributed by atoms with Gasteiger partial charge in [-0.3, -0.25) is 9.89 Å². The van der Waals surface area contributed by atoms with Gasteiger partial charge in [-0.15, -0.1) is 0 Å². The Morgan fingerprint density at radius 2 is 1.56 bits per heavy atom. The Morgan fingerprint density at radius 3 is 2.23 bits per heavy atom. The smallest absolute Gasteiger partial charge is 0.408 e. The van der Waals surface area contributed by atoms with Crippen LogP contribution in [0, 0.1) is 0 Å². The number of aromatic amines is 1. The van der Waals surface area contributed by atoms with E-state index in [1.807, 2.05) is 60.7 Å². The summed E-state index contributed by atoms with van der Waals surface area (Å²) in [5.74, 6) is 0.702. The quantitative estimate of drug-likeness (QED) is 0.253. The summed E-state index contributed by atoms with van der Waals surface area (Å²) in [6.45, 7) is 1.15. The highest BCUT2D eigenvalue weighted by Gasteiger charge is 2.51. The van der Waals surface area contributed by atoms with E-state index in [1.165, 1.54) is 0 Å². The lowest BCUT2D eigenvalue weighted by Gasteiger charge is -2.19. The van der Waals surface area contributed by atoms with Crippen LogP contribution in [0.5, 0.6) is 5.75 Å². The molecule has 1 spiro atoms. The minimum Gasteiger partial charge on any atom is -0.489 e. The highest BCUT2D eigenvalue weighted by molar-refractivity contribution is 5.97. The molecule has 1 aliphatic heterocycles. The van der Waals surface area contributed by atoms with Crippen molar-refractivity contribution in [3.63, 3.8) is 0 Å². The van der Waals surface area contributed by atoms with Crippen molar-refractivity contribution in [1.29, 1.82) is 0 Å². The second-order valence-corrected chi connectivity index (χ2v) is 9.83. The molecule has 4 aromatic rings. The first kappa shape index (κ1) is 24.7. The molecule has 4 N–H and O–H groups in total. The number of fused-ring (bicyclic) bond motifs is 2. The lowest BCUT2D eigenvalue weighted by atomic mass is 10.1. The Hall–Kier alpha value is -4.63. The molecule has 198 valence electrons. The van der Waals surface area contributed by atoms with Gasteiger partial charge < -0.3 is 25.4 Å². The molecule has 0 radical (unpaired) electrons. The van der Waals surface area contributed by atoms with Gasteiger partial charge in [0.05, 0.1) is 11.2 Å². The first-order chi connectivity index (χ1) is 19.1. The van der Waals surface area contributed by atoms with E-state index in [1.54, 1.807) is 24.3 Å². The molecule has 2 amide bonds. The van der Waals surface area contributed by atoms with Crippen molar-refractivity contribution < 1.29 is 19.1 Å². The standard InChI is InChI=1S/C30H29N5O4/c36-28(33-27-24-17-31-30(15-16-30)26(24)34-35-27)25(32-29(37)39-19-21-9-5-2-6-10-21)22-11-13-23(14-12-22)38-18-20-7-3-1-4-8-20/h1-14,25,31H,15-19H2,(H,32,37)(H2,33,34,35,36)/t25-/m1/s1. The van der Waals surface area contributed by atoms with Crippen LogP contribution >= 0.6 is 0 Å². The van der Waals surface area contributed by atoms with Gasteiger partial charge >= 0.3 is 6.09 Å². The zero-order valence-electron chi connectivity index (χ0n) is 21.3. The lowest BCUT2D eigenvalue weighted by molar-refractivity contribution is -0.118. The second kappa shape index (κ2) is 10.6. The van der Waals surface area contributed by atoms with Gasteiger partial charge in [0.1, 0.15) is 25.0 Å². The van der Waals surface area contributed by atoms with Crippen LogP contribution in [0.2, 0.25) is 0 Å². The number of nitrogens with one attached hydrogen (secondary N) is 4. The maximum atomic E-state index is 13.5. The largest absolute Gasteiger partial charge is 0.489 e. The first-order valence-corrected chi connectivity index (χ1v) is 13.0. The monoisotopic (exact) mass is 523 g/mol. The molecule has 3 aromatic carbocycles.